The normalized spacial score (nSPS) is 13.9. The molecule has 4 atom stereocenters. The van der Waals surface area contributed by atoms with Crippen LogP contribution in [0.15, 0.2) is 108 Å². The van der Waals surface area contributed by atoms with Gasteiger partial charge in [-0.25, -0.2) is 9.59 Å². The predicted octanol–water partition coefficient (Wildman–Crippen LogP) is 10.0. The van der Waals surface area contributed by atoms with Crippen LogP contribution >= 0.6 is 45.9 Å². The molecule has 0 saturated carbocycles. The Morgan fingerprint density at radius 2 is 0.942 bits per heavy atom. The topological polar surface area (TPSA) is 77.5 Å². The van der Waals surface area contributed by atoms with E-state index in [0.29, 0.717) is 21.5 Å². The zero-order chi connectivity index (χ0) is 36.8. The number of carbonyl (C=O) groups excluding carboxylic acids is 2. The van der Waals surface area contributed by atoms with E-state index in [1.54, 1.807) is 50.1 Å². The van der Waals surface area contributed by atoms with Gasteiger partial charge < -0.3 is 18.9 Å². The molecule has 52 heavy (non-hydrogen) atoms. The van der Waals surface area contributed by atoms with E-state index in [2.05, 4.69) is 0 Å². The first kappa shape index (κ1) is 37.6. The second-order valence-corrected chi connectivity index (χ2v) is 15.3. The first-order valence-electron chi connectivity index (χ1n) is 16.6. The molecule has 270 valence electrons. The second-order valence-electron chi connectivity index (χ2n) is 12.5. The molecule has 12 heteroatoms. The van der Waals surface area contributed by atoms with Crippen molar-refractivity contribution >= 4 is 79.4 Å². The van der Waals surface area contributed by atoms with Crippen LogP contribution in [0.2, 0.25) is 10.0 Å². The van der Waals surface area contributed by atoms with Crippen molar-refractivity contribution in [3.8, 4) is 11.5 Å². The predicted molar refractivity (Wildman–Crippen MR) is 210 cm³/mol. The zero-order valence-corrected chi connectivity index (χ0v) is 32.2. The molecule has 0 amide bonds. The van der Waals surface area contributed by atoms with Crippen LogP contribution in [0.4, 0.5) is 0 Å². The molecule has 0 N–H and O–H groups in total. The van der Waals surface area contributed by atoms with Crippen molar-refractivity contribution in [2.75, 3.05) is 28.2 Å². The summed E-state index contributed by atoms with van der Waals surface area (Å²) in [5, 5.41) is 8.63. The second kappa shape index (κ2) is 17.1. The summed E-state index contributed by atoms with van der Waals surface area (Å²) in [5.41, 5.74) is 0. The quantitative estimate of drug-likeness (QED) is 0.0615. The third-order valence-electron chi connectivity index (χ3n) is 8.56. The van der Waals surface area contributed by atoms with E-state index in [1.807, 2.05) is 95.7 Å². The summed E-state index contributed by atoms with van der Waals surface area (Å²) in [6, 6.07) is 30.6. The van der Waals surface area contributed by atoms with Crippen molar-refractivity contribution in [2.45, 2.75) is 37.5 Å². The molecule has 0 aliphatic carbocycles. The van der Waals surface area contributed by atoms with E-state index in [9.17, 15) is 9.59 Å². The molecule has 0 aliphatic heterocycles. The number of hydrogen-bond acceptors (Lipinski definition) is 10. The maximum Gasteiger partial charge on any atom is 0.419 e. The molecule has 0 bridgehead atoms. The van der Waals surface area contributed by atoms with Gasteiger partial charge >= 0.3 is 11.9 Å². The molecule has 0 saturated heterocycles. The number of ether oxygens (including phenoxy) is 4. The highest BCUT2D eigenvalue weighted by molar-refractivity contribution is 7.10. The molecule has 4 unspecified atom stereocenters. The van der Waals surface area contributed by atoms with Gasteiger partial charge in [0.15, 0.2) is 12.5 Å². The highest BCUT2D eigenvalue weighted by Crippen LogP contribution is 2.38. The van der Waals surface area contributed by atoms with Crippen LogP contribution in [0.5, 0.6) is 11.5 Å². The Hall–Kier alpha value is -4.16. The number of esters is 2. The molecule has 2 aromatic heterocycles. The fourth-order valence-electron chi connectivity index (χ4n) is 5.81. The lowest BCUT2D eigenvalue weighted by Gasteiger charge is -2.30. The minimum Gasteiger partial charge on any atom is -0.484 e. The molecular formula is C40H38Cl2N2O6S2. The number of rotatable bonds is 14. The van der Waals surface area contributed by atoms with Crippen LogP contribution in [0, 0.1) is 0 Å². The van der Waals surface area contributed by atoms with Gasteiger partial charge in [0.2, 0.25) is 0 Å². The van der Waals surface area contributed by atoms with Crippen molar-refractivity contribution < 1.29 is 28.5 Å². The Morgan fingerprint density at radius 3 is 1.29 bits per heavy atom. The zero-order valence-electron chi connectivity index (χ0n) is 29.0. The maximum absolute atomic E-state index is 13.4. The third kappa shape index (κ3) is 8.89. The Bertz CT molecular complexity index is 1970. The van der Waals surface area contributed by atoms with Gasteiger partial charge in [-0.05, 0) is 75.3 Å². The van der Waals surface area contributed by atoms with Gasteiger partial charge in [-0.3, -0.25) is 9.80 Å². The van der Waals surface area contributed by atoms with E-state index in [0.717, 1.165) is 31.3 Å². The van der Waals surface area contributed by atoms with Crippen LogP contribution in [0.25, 0.3) is 21.5 Å². The van der Waals surface area contributed by atoms with Crippen molar-refractivity contribution in [1.29, 1.82) is 0 Å². The summed E-state index contributed by atoms with van der Waals surface area (Å²) in [4.78, 5) is 32.1. The summed E-state index contributed by atoms with van der Waals surface area (Å²) in [6.45, 7) is 0. The van der Waals surface area contributed by atoms with Gasteiger partial charge in [0, 0.05) is 54.2 Å². The van der Waals surface area contributed by atoms with Gasteiger partial charge in [0.05, 0.1) is 0 Å². The van der Waals surface area contributed by atoms with Crippen LogP contribution in [-0.2, 0) is 19.1 Å². The number of benzene rings is 4. The number of nitrogens with zero attached hydrogens (tertiary/aromatic N) is 2. The van der Waals surface area contributed by atoms with E-state index in [-0.39, 0.29) is 12.8 Å². The van der Waals surface area contributed by atoms with Crippen LogP contribution < -0.4 is 9.47 Å². The molecule has 6 rings (SSSR count). The van der Waals surface area contributed by atoms with Crippen molar-refractivity contribution in [3.05, 3.63) is 128 Å². The summed E-state index contributed by atoms with van der Waals surface area (Å²) in [6.07, 6.45) is -2.15. The third-order valence-corrected chi connectivity index (χ3v) is 11.1. The lowest BCUT2D eigenvalue weighted by atomic mass is 10.1. The van der Waals surface area contributed by atoms with Crippen LogP contribution in [0.3, 0.4) is 0 Å². The molecule has 0 aliphatic rings. The fourth-order valence-corrected chi connectivity index (χ4v) is 7.80. The monoisotopic (exact) mass is 776 g/mol. The highest BCUT2D eigenvalue weighted by atomic mass is 35.5. The van der Waals surface area contributed by atoms with Gasteiger partial charge in [0.25, 0.3) is 0 Å². The van der Waals surface area contributed by atoms with Crippen LogP contribution in [0.1, 0.15) is 34.8 Å². The average Bonchev–Trinajstić information content (AvgIpc) is 3.88. The van der Waals surface area contributed by atoms with Gasteiger partial charge in [-0.1, -0.05) is 83.9 Å². The first-order chi connectivity index (χ1) is 25.1. The maximum atomic E-state index is 13.4. The summed E-state index contributed by atoms with van der Waals surface area (Å²) in [7, 11) is 7.11. The van der Waals surface area contributed by atoms with E-state index < -0.39 is 36.6 Å². The molecule has 0 spiro atoms. The number of fused-ring (bicyclic) bond motifs is 2. The van der Waals surface area contributed by atoms with Crippen LogP contribution in [-0.4, -0.2) is 62.4 Å². The Kier molecular flexibility index (Phi) is 12.4. The molecule has 0 fully saturated rings. The highest BCUT2D eigenvalue weighted by Gasteiger charge is 2.32. The molecule has 6 aromatic rings. The molecule has 0 radical (unpaired) electrons. The Balaban J connectivity index is 1.17. The summed E-state index contributed by atoms with van der Waals surface area (Å²) < 4.78 is 24.8. The van der Waals surface area contributed by atoms with Gasteiger partial charge in [-0.2, -0.15) is 0 Å². The Morgan fingerprint density at radius 1 is 0.558 bits per heavy atom. The van der Waals surface area contributed by atoms with Gasteiger partial charge in [0.1, 0.15) is 23.7 Å². The van der Waals surface area contributed by atoms with Crippen molar-refractivity contribution in [3.63, 3.8) is 0 Å². The minimum atomic E-state index is -1.11. The number of carbonyl (C=O) groups is 2. The van der Waals surface area contributed by atoms with E-state index in [4.69, 9.17) is 42.1 Å². The molecule has 8 nitrogen and oxygen atoms in total. The average molecular weight is 778 g/mol. The van der Waals surface area contributed by atoms with E-state index in [1.165, 1.54) is 22.7 Å². The minimum absolute atomic E-state index is 0.240. The summed E-state index contributed by atoms with van der Waals surface area (Å²) in [5.74, 6) is -0.927. The SMILES string of the molecule is CN(C)C(CC(Oc1ccc(Cl)c2ccccc12)c1cccs1)OC(=O)C(=O)OC(CC(Oc1ccc(Cl)c2ccccc12)c1cccs1)N(C)C. The van der Waals surface area contributed by atoms with Crippen molar-refractivity contribution in [1.82, 2.24) is 9.80 Å². The van der Waals surface area contributed by atoms with Gasteiger partial charge in [-0.15, -0.1) is 22.7 Å². The number of hydrogen-bond donors (Lipinski definition) is 0. The van der Waals surface area contributed by atoms with E-state index >= 15 is 0 Å². The number of thiophene rings is 2. The smallest absolute Gasteiger partial charge is 0.419 e. The molecular weight excluding hydrogens is 739 g/mol. The van der Waals surface area contributed by atoms with Crippen molar-refractivity contribution in [2.24, 2.45) is 0 Å². The lowest BCUT2D eigenvalue weighted by molar-refractivity contribution is -0.185. The Labute approximate surface area is 321 Å². The fraction of sp³-hybridized carbons (Fsp3) is 0.250. The summed E-state index contributed by atoms with van der Waals surface area (Å²) >= 11 is 16.0. The first-order valence-corrected chi connectivity index (χ1v) is 19.1. The molecule has 2 heterocycles. The molecule has 4 aromatic carbocycles. The number of halogens is 2. The lowest BCUT2D eigenvalue weighted by Crippen LogP contribution is -2.41. The standard InChI is InChI=1S/C40H38Cl2N2O6S2/c1-43(2)37(23-33(35-15-9-21-51-35)47-31-19-17-29(41)25-11-5-7-13-27(25)31)49-39(45)40(46)50-38(44(3)4)24-34(36-16-10-22-52-36)48-32-20-18-30(42)26-12-6-8-14-28(26)32/h5-22,33-34,37-38H,23-24H2,1-4H3. The largest absolute Gasteiger partial charge is 0.484 e.